The zero-order valence-corrected chi connectivity index (χ0v) is 11.2. The maximum absolute atomic E-state index is 11.9. The van der Waals surface area contributed by atoms with Gasteiger partial charge in [-0.15, -0.1) is 0 Å². The van der Waals surface area contributed by atoms with Gasteiger partial charge >= 0.3 is 0 Å². The molecule has 0 saturated carbocycles. The number of para-hydroxylation sites is 1. The third-order valence-corrected chi connectivity index (χ3v) is 3.07. The third-order valence-electron chi connectivity index (χ3n) is 3.07. The molecule has 1 aromatic heterocycles. The molecule has 3 N–H and O–H groups in total. The van der Waals surface area contributed by atoms with Crippen LogP contribution >= 0.6 is 0 Å². The summed E-state index contributed by atoms with van der Waals surface area (Å²) in [6.07, 6.45) is 1.65. The van der Waals surface area contributed by atoms with E-state index in [0.717, 1.165) is 17.0 Å². The molecular weight excluding hydrogens is 240 g/mol. The first-order valence-corrected chi connectivity index (χ1v) is 6.39. The molecule has 0 fully saturated rings. The summed E-state index contributed by atoms with van der Waals surface area (Å²) < 4.78 is 5.30. The van der Waals surface area contributed by atoms with Gasteiger partial charge in [0.1, 0.15) is 6.04 Å². The fraction of sp³-hybridized carbons (Fsp3) is 0.267. The molecule has 19 heavy (non-hydrogen) atoms. The number of furan rings is 1. The summed E-state index contributed by atoms with van der Waals surface area (Å²) in [5.74, 6) is 0.872. The molecule has 2 rings (SSSR count). The summed E-state index contributed by atoms with van der Waals surface area (Å²) in [4.78, 5) is 11.9. The molecule has 1 heterocycles. The monoisotopic (exact) mass is 259 g/mol. The van der Waals surface area contributed by atoms with Crippen molar-refractivity contribution >= 4 is 11.6 Å². The van der Waals surface area contributed by atoms with Crippen molar-refractivity contribution in [1.29, 1.82) is 0 Å². The first-order chi connectivity index (χ1) is 9.16. The van der Waals surface area contributed by atoms with Crippen molar-refractivity contribution in [2.75, 3.05) is 11.9 Å². The van der Waals surface area contributed by atoms with E-state index in [2.05, 4.69) is 5.32 Å². The molecule has 4 nitrogen and oxygen atoms in total. The fourth-order valence-electron chi connectivity index (χ4n) is 1.86. The number of aryl methyl sites for hydroxylation is 1. The van der Waals surface area contributed by atoms with E-state index < -0.39 is 0 Å². The predicted octanol–water partition coefficient (Wildman–Crippen LogP) is 1.85. The molecule has 100 valence electrons. The number of amides is 1. The van der Waals surface area contributed by atoms with Crippen LogP contribution < -0.4 is 10.6 Å². The Labute approximate surface area is 112 Å². The lowest BCUT2D eigenvalue weighted by atomic mass is 10.2. The normalized spacial score (nSPS) is 12.1. The number of carbonyl (C=O) groups excluding carboxylic acids is 1. The Balaban J connectivity index is 1.84. The first-order valence-electron chi connectivity index (χ1n) is 6.39. The van der Waals surface area contributed by atoms with Crippen LogP contribution in [0.3, 0.4) is 0 Å². The summed E-state index contributed by atoms with van der Waals surface area (Å²) in [6.45, 7) is 4.36. The van der Waals surface area contributed by atoms with Crippen LogP contribution in [0, 0.1) is 6.92 Å². The van der Waals surface area contributed by atoms with Gasteiger partial charge in [0.25, 0.3) is 5.91 Å². The van der Waals surface area contributed by atoms with Crippen LogP contribution in [0.4, 0.5) is 5.69 Å². The van der Waals surface area contributed by atoms with Crippen LogP contribution in [-0.2, 0) is 4.79 Å². The Kier molecular flexibility index (Phi) is 4.36. The highest BCUT2D eigenvalue weighted by Gasteiger charge is 2.13. The number of benzene rings is 1. The van der Waals surface area contributed by atoms with E-state index in [9.17, 15) is 4.79 Å². The van der Waals surface area contributed by atoms with Crippen molar-refractivity contribution in [3.63, 3.8) is 0 Å². The molecule has 0 saturated heterocycles. The van der Waals surface area contributed by atoms with Crippen LogP contribution in [-0.4, -0.2) is 12.5 Å². The van der Waals surface area contributed by atoms with Crippen LogP contribution in [0.2, 0.25) is 0 Å². The molecule has 0 radical (unpaired) electrons. The highest BCUT2D eigenvalue weighted by atomic mass is 16.3. The lowest BCUT2D eigenvalue weighted by Crippen LogP contribution is -2.86. The Morgan fingerprint density at radius 3 is 2.79 bits per heavy atom. The minimum atomic E-state index is -0.00675. The van der Waals surface area contributed by atoms with Crippen LogP contribution in [0.25, 0.3) is 0 Å². The molecule has 1 aromatic carbocycles. The van der Waals surface area contributed by atoms with Crippen molar-refractivity contribution < 1.29 is 14.5 Å². The van der Waals surface area contributed by atoms with Crippen LogP contribution in [0.5, 0.6) is 0 Å². The SMILES string of the molecule is Cc1ccccc1NC(=O)C[NH2+][C@H](C)c1ccco1. The standard InChI is InChI=1S/C15H18N2O2/c1-11-6-3-4-7-13(11)17-15(18)10-16-12(2)14-8-5-9-19-14/h3-9,12,16H,10H2,1-2H3,(H,17,18)/p+1/t12-/m1/s1. The van der Waals surface area contributed by atoms with Gasteiger partial charge in [-0.1, -0.05) is 18.2 Å². The molecule has 1 amide bonds. The number of quaternary nitrogens is 1. The summed E-state index contributed by atoms with van der Waals surface area (Å²) in [5.41, 5.74) is 1.93. The number of nitrogens with two attached hydrogens (primary N) is 1. The second kappa shape index (κ2) is 6.20. The number of anilines is 1. The van der Waals surface area contributed by atoms with Gasteiger partial charge in [-0.3, -0.25) is 4.79 Å². The molecule has 2 aromatic rings. The minimum absolute atomic E-state index is 0.00675. The molecule has 0 aliphatic heterocycles. The number of hydrogen-bond acceptors (Lipinski definition) is 2. The van der Waals surface area contributed by atoms with Gasteiger partial charge in [0.2, 0.25) is 0 Å². The van der Waals surface area contributed by atoms with Crippen molar-refractivity contribution in [1.82, 2.24) is 0 Å². The number of hydrogen-bond donors (Lipinski definition) is 2. The fourth-order valence-corrected chi connectivity index (χ4v) is 1.86. The van der Waals surface area contributed by atoms with Gasteiger partial charge in [0, 0.05) is 5.69 Å². The average Bonchev–Trinajstić information content (AvgIpc) is 2.93. The van der Waals surface area contributed by atoms with Gasteiger partial charge in [-0.25, -0.2) is 0 Å². The summed E-state index contributed by atoms with van der Waals surface area (Å²) in [7, 11) is 0. The highest BCUT2D eigenvalue weighted by Crippen LogP contribution is 2.12. The largest absolute Gasteiger partial charge is 0.463 e. The predicted molar refractivity (Wildman–Crippen MR) is 73.7 cm³/mol. The number of carbonyl (C=O) groups is 1. The molecular formula is C15H19N2O2+. The summed E-state index contributed by atoms with van der Waals surface area (Å²) in [5, 5.41) is 4.86. The molecule has 0 spiro atoms. The van der Waals surface area contributed by atoms with E-state index in [1.165, 1.54) is 0 Å². The second-order valence-electron chi connectivity index (χ2n) is 4.61. The maximum Gasteiger partial charge on any atom is 0.279 e. The van der Waals surface area contributed by atoms with Gasteiger partial charge in [0.05, 0.1) is 6.26 Å². The quantitative estimate of drug-likeness (QED) is 0.861. The molecule has 0 aliphatic rings. The van der Waals surface area contributed by atoms with Crippen LogP contribution in [0.1, 0.15) is 24.3 Å². The van der Waals surface area contributed by atoms with Gasteiger partial charge in [-0.2, -0.15) is 0 Å². The Bertz CT molecular complexity index is 535. The van der Waals surface area contributed by atoms with E-state index in [1.807, 2.05) is 55.6 Å². The molecule has 0 unspecified atom stereocenters. The van der Waals surface area contributed by atoms with Crippen molar-refractivity contribution in [2.24, 2.45) is 0 Å². The van der Waals surface area contributed by atoms with E-state index in [4.69, 9.17) is 4.42 Å². The van der Waals surface area contributed by atoms with Gasteiger partial charge < -0.3 is 15.1 Å². The van der Waals surface area contributed by atoms with E-state index in [0.29, 0.717) is 6.54 Å². The molecule has 4 heteroatoms. The highest BCUT2D eigenvalue weighted by molar-refractivity contribution is 5.92. The maximum atomic E-state index is 11.9. The third kappa shape index (κ3) is 3.69. The Hall–Kier alpha value is -2.07. The van der Waals surface area contributed by atoms with Crippen molar-refractivity contribution in [3.05, 3.63) is 54.0 Å². The lowest BCUT2D eigenvalue weighted by Gasteiger charge is -2.10. The average molecular weight is 259 g/mol. The summed E-state index contributed by atoms with van der Waals surface area (Å²) in [6, 6.07) is 11.7. The van der Waals surface area contributed by atoms with Crippen molar-refractivity contribution in [2.45, 2.75) is 19.9 Å². The summed E-state index contributed by atoms with van der Waals surface area (Å²) >= 11 is 0. The first kappa shape index (κ1) is 13.4. The van der Waals surface area contributed by atoms with E-state index in [-0.39, 0.29) is 11.9 Å². The molecule has 0 aliphatic carbocycles. The Morgan fingerprint density at radius 2 is 2.11 bits per heavy atom. The minimum Gasteiger partial charge on any atom is -0.463 e. The van der Waals surface area contributed by atoms with Gasteiger partial charge in [-0.05, 0) is 37.6 Å². The molecule has 1 atom stereocenters. The van der Waals surface area contributed by atoms with E-state index >= 15 is 0 Å². The zero-order valence-electron chi connectivity index (χ0n) is 11.2. The lowest BCUT2D eigenvalue weighted by molar-refractivity contribution is -0.684. The number of nitrogens with one attached hydrogen (secondary N) is 1. The zero-order chi connectivity index (χ0) is 13.7. The number of rotatable bonds is 5. The van der Waals surface area contributed by atoms with Crippen LogP contribution in [0.15, 0.2) is 47.1 Å². The second-order valence-corrected chi connectivity index (χ2v) is 4.61. The topological polar surface area (TPSA) is 58.9 Å². The van der Waals surface area contributed by atoms with Gasteiger partial charge in [0.15, 0.2) is 12.3 Å². The van der Waals surface area contributed by atoms with E-state index in [1.54, 1.807) is 6.26 Å². The Morgan fingerprint density at radius 1 is 1.32 bits per heavy atom. The molecule has 0 bridgehead atoms. The smallest absolute Gasteiger partial charge is 0.279 e. The van der Waals surface area contributed by atoms with Crippen molar-refractivity contribution in [3.8, 4) is 0 Å².